The number of aromatic amines is 1. The van der Waals surface area contributed by atoms with Gasteiger partial charge in [-0.05, 0) is 37.3 Å². The van der Waals surface area contributed by atoms with Gasteiger partial charge < -0.3 is 4.98 Å². The first-order valence-electron chi connectivity index (χ1n) is 8.03. The van der Waals surface area contributed by atoms with E-state index in [9.17, 15) is 0 Å². The summed E-state index contributed by atoms with van der Waals surface area (Å²) < 4.78 is 0. The summed E-state index contributed by atoms with van der Waals surface area (Å²) in [4.78, 5) is 3.67. The highest BCUT2D eigenvalue weighted by molar-refractivity contribution is 5.84. The van der Waals surface area contributed by atoms with E-state index in [1.54, 1.807) is 5.56 Å². The maximum absolute atomic E-state index is 3.67. The van der Waals surface area contributed by atoms with Gasteiger partial charge in [0.25, 0.3) is 0 Å². The monoisotopic (exact) mass is 255 g/mol. The highest BCUT2D eigenvalue weighted by Gasteiger charge is 2.11. The molecule has 0 amide bonds. The van der Waals surface area contributed by atoms with E-state index in [0.29, 0.717) is 0 Å². The molecule has 0 bridgehead atoms. The Balaban J connectivity index is 1.87. The second-order valence-corrected chi connectivity index (χ2v) is 5.96. The number of hydrogen-bond donors (Lipinski definition) is 1. The molecule has 1 aliphatic rings. The van der Waals surface area contributed by atoms with E-state index < -0.39 is 0 Å². The van der Waals surface area contributed by atoms with Crippen LogP contribution < -0.4 is 0 Å². The van der Waals surface area contributed by atoms with Crippen LogP contribution in [0.2, 0.25) is 0 Å². The van der Waals surface area contributed by atoms with Crippen molar-refractivity contribution in [3.8, 4) is 0 Å². The first-order chi connectivity index (χ1) is 9.45. The Morgan fingerprint density at radius 3 is 2.11 bits per heavy atom. The van der Waals surface area contributed by atoms with Crippen molar-refractivity contribution in [1.29, 1.82) is 0 Å². The first-order valence-corrected chi connectivity index (χ1v) is 8.03. The lowest BCUT2D eigenvalue weighted by Gasteiger charge is -2.08. The van der Waals surface area contributed by atoms with Gasteiger partial charge in [-0.15, -0.1) is 0 Å². The molecule has 0 saturated heterocycles. The molecule has 0 unspecified atom stereocenters. The molecular formula is C18H25N. The summed E-state index contributed by atoms with van der Waals surface area (Å²) in [5.74, 6) is 0. The average molecular weight is 255 g/mol. The Labute approximate surface area is 116 Å². The largest absolute Gasteiger partial charge is 0.358 e. The summed E-state index contributed by atoms with van der Waals surface area (Å²) in [5.41, 5.74) is 4.46. The molecule has 102 valence electrons. The van der Waals surface area contributed by atoms with Gasteiger partial charge in [-0.1, -0.05) is 56.7 Å². The standard InChI is InChI=1S/C18H25N/c1-2-4-6-8-13-17-15(11-7-5-3-1)16-12-9-10-14-18(16)19-17/h9-10,12,14,19H,1-8,11,13H2. The average Bonchev–Trinajstić information content (AvgIpc) is 2.77. The molecular weight excluding hydrogens is 230 g/mol. The Morgan fingerprint density at radius 2 is 1.32 bits per heavy atom. The van der Waals surface area contributed by atoms with Crippen molar-refractivity contribution >= 4 is 10.9 Å². The number of aromatic nitrogens is 1. The Kier molecular flexibility index (Phi) is 4.22. The lowest BCUT2D eigenvalue weighted by Crippen LogP contribution is -1.95. The number of H-pyrrole nitrogens is 1. The number of benzene rings is 1. The molecule has 1 heteroatoms. The summed E-state index contributed by atoms with van der Waals surface area (Å²) in [5, 5.41) is 1.47. The van der Waals surface area contributed by atoms with Crippen LogP contribution in [0.25, 0.3) is 10.9 Å². The zero-order valence-corrected chi connectivity index (χ0v) is 11.9. The van der Waals surface area contributed by atoms with Crippen LogP contribution in [0.4, 0.5) is 0 Å². The van der Waals surface area contributed by atoms with Crippen LogP contribution >= 0.6 is 0 Å². The van der Waals surface area contributed by atoms with E-state index in [-0.39, 0.29) is 0 Å². The maximum Gasteiger partial charge on any atom is 0.0458 e. The molecule has 0 radical (unpaired) electrons. The topological polar surface area (TPSA) is 15.8 Å². The summed E-state index contributed by atoms with van der Waals surface area (Å²) >= 11 is 0. The van der Waals surface area contributed by atoms with Crippen molar-refractivity contribution in [3.05, 3.63) is 35.5 Å². The van der Waals surface area contributed by atoms with Crippen LogP contribution in [0.5, 0.6) is 0 Å². The number of hydrogen-bond acceptors (Lipinski definition) is 0. The number of fused-ring (bicyclic) bond motifs is 3. The summed E-state index contributed by atoms with van der Waals surface area (Å²) in [6.45, 7) is 0. The van der Waals surface area contributed by atoms with Crippen molar-refractivity contribution in [2.24, 2.45) is 0 Å². The second kappa shape index (κ2) is 6.27. The van der Waals surface area contributed by atoms with Crippen LogP contribution in [0.15, 0.2) is 24.3 Å². The molecule has 1 aliphatic carbocycles. The van der Waals surface area contributed by atoms with Gasteiger partial charge in [-0.25, -0.2) is 0 Å². The SMILES string of the molecule is c1ccc2c3c([nH]c2c1)CCCCCCCCCC3. The molecule has 1 aromatic carbocycles. The Morgan fingerprint density at radius 1 is 0.684 bits per heavy atom. The third-order valence-corrected chi connectivity index (χ3v) is 4.51. The minimum absolute atomic E-state index is 1.24. The van der Waals surface area contributed by atoms with Crippen LogP contribution in [0.3, 0.4) is 0 Å². The molecule has 1 aromatic heterocycles. The lowest BCUT2D eigenvalue weighted by molar-refractivity contribution is 0.559. The van der Waals surface area contributed by atoms with Crippen molar-refractivity contribution in [3.63, 3.8) is 0 Å². The van der Waals surface area contributed by atoms with Crippen molar-refractivity contribution in [2.45, 2.75) is 64.2 Å². The van der Waals surface area contributed by atoms with E-state index in [1.807, 2.05) is 0 Å². The van der Waals surface area contributed by atoms with Crippen LogP contribution in [-0.4, -0.2) is 4.98 Å². The van der Waals surface area contributed by atoms with Gasteiger partial charge in [0.15, 0.2) is 0 Å². The molecule has 0 atom stereocenters. The summed E-state index contributed by atoms with van der Waals surface area (Å²) in [7, 11) is 0. The summed E-state index contributed by atoms with van der Waals surface area (Å²) in [6.07, 6.45) is 13.7. The predicted molar refractivity (Wildman–Crippen MR) is 82.6 cm³/mol. The van der Waals surface area contributed by atoms with Crippen molar-refractivity contribution < 1.29 is 0 Å². The van der Waals surface area contributed by atoms with Crippen molar-refractivity contribution in [1.82, 2.24) is 4.98 Å². The molecule has 3 rings (SSSR count). The molecule has 2 aromatic rings. The fourth-order valence-corrected chi connectivity index (χ4v) is 3.42. The minimum atomic E-state index is 1.24. The molecule has 0 fully saturated rings. The highest BCUT2D eigenvalue weighted by Crippen LogP contribution is 2.26. The van der Waals surface area contributed by atoms with Gasteiger partial charge in [0.05, 0.1) is 0 Å². The third kappa shape index (κ3) is 3.02. The predicted octanol–water partition coefficient (Wildman–Crippen LogP) is 5.39. The lowest BCUT2D eigenvalue weighted by atomic mass is 9.98. The zero-order valence-electron chi connectivity index (χ0n) is 11.9. The molecule has 0 spiro atoms. The second-order valence-electron chi connectivity index (χ2n) is 5.96. The molecule has 19 heavy (non-hydrogen) atoms. The van der Waals surface area contributed by atoms with Gasteiger partial charge >= 0.3 is 0 Å². The third-order valence-electron chi connectivity index (χ3n) is 4.51. The number of nitrogens with one attached hydrogen (secondary N) is 1. The van der Waals surface area contributed by atoms with E-state index in [0.717, 1.165) is 0 Å². The highest BCUT2D eigenvalue weighted by atomic mass is 14.7. The fourth-order valence-electron chi connectivity index (χ4n) is 3.42. The fraction of sp³-hybridized carbons (Fsp3) is 0.556. The van der Waals surface area contributed by atoms with Gasteiger partial charge in [-0.2, -0.15) is 0 Å². The van der Waals surface area contributed by atoms with Crippen LogP contribution in [0.1, 0.15) is 62.6 Å². The van der Waals surface area contributed by atoms with E-state index in [4.69, 9.17) is 0 Å². The zero-order chi connectivity index (χ0) is 12.9. The van der Waals surface area contributed by atoms with E-state index >= 15 is 0 Å². The molecule has 0 saturated carbocycles. The first kappa shape index (κ1) is 12.8. The number of aryl methyl sites for hydroxylation is 2. The van der Waals surface area contributed by atoms with Gasteiger partial charge in [0.2, 0.25) is 0 Å². The Bertz CT molecular complexity index is 523. The van der Waals surface area contributed by atoms with Gasteiger partial charge in [0, 0.05) is 16.6 Å². The van der Waals surface area contributed by atoms with E-state index in [1.165, 1.54) is 80.8 Å². The quantitative estimate of drug-likeness (QED) is 0.650. The van der Waals surface area contributed by atoms with E-state index in [2.05, 4.69) is 29.2 Å². The molecule has 1 heterocycles. The molecule has 1 N–H and O–H groups in total. The van der Waals surface area contributed by atoms with Crippen LogP contribution in [-0.2, 0) is 12.8 Å². The minimum Gasteiger partial charge on any atom is -0.358 e. The van der Waals surface area contributed by atoms with Gasteiger partial charge in [-0.3, -0.25) is 0 Å². The van der Waals surface area contributed by atoms with Gasteiger partial charge in [0.1, 0.15) is 0 Å². The number of rotatable bonds is 0. The van der Waals surface area contributed by atoms with Crippen LogP contribution in [0, 0.1) is 0 Å². The van der Waals surface area contributed by atoms with Crippen molar-refractivity contribution in [2.75, 3.05) is 0 Å². The maximum atomic E-state index is 3.67. The summed E-state index contributed by atoms with van der Waals surface area (Å²) in [6, 6.07) is 8.82. The normalized spacial score (nSPS) is 18.5. The molecule has 0 aliphatic heterocycles. The smallest absolute Gasteiger partial charge is 0.0458 e. The molecule has 1 nitrogen and oxygen atoms in total. The Hall–Kier alpha value is -1.24. The number of para-hydroxylation sites is 1.